The van der Waals surface area contributed by atoms with Crippen molar-refractivity contribution >= 4 is 45.5 Å². The van der Waals surface area contributed by atoms with Crippen LogP contribution < -0.4 is 14.2 Å². The first-order valence-electron chi connectivity index (χ1n) is 26.6. The summed E-state index contributed by atoms with van der Waals surface area (Å²) in [5.41, 5.74) is 7.24. The van der Waals surface area contributed by atoms with Gasteiger partial charge in [0.1, 0.15) is 40.2 Å². The van der Waals surface area contributed by atoms with Gasteiger partial charge < -0.3 is 34.6 Å². The van der Waals surface area contributed by atoms with Crippen LogP contribution >= 0.6 is 11.6 Å². The van der Waals surface area contributed by atoms with E-state index in [1.54, 1.807) is 135 Å². The van der Waals surface area contributed by atoms with E-state index in [2.05, 4.69) is 0 Å². The summed E-state index contributed by atoms with van der Waals surface area (Å²) in [7, 11) is 1.57. The van der Waals surface area contributed by atoms with Crippen molar-refractivity contribution in [2.75, 3.05) is 7.11 Å². The van der Waals surface area contributed by atoms with Crippen molar-refractivity contribution < 1.29 is 53.8 Å². The maximum atomic E-state index is 12.6. The monoisotopic (exact) mass is 1130 g/mol. The number of hydrogen-bond acceptors (Lipinski definition) is 11. The third-order valence-electron chi connectivity index (χ3n) is 12.7. The number of benzene rings is 10. The summed E-state index contributed by atoms with van der Waals surface area (Å²) in [4.78, 5) is 49.6. The van der Waals surface area contributed by atoms with E-state index in [1.807, 2.05) is 120 Å². The number of carbonyl (C=O) groups excluding carboxylic acids is 4. The van der Waals surface area contributed by atoms with Crippen molar-refractivity contribution in [2.24, 2.45) is 0 Å². The van der Waals surface area contributed by atoms with Crippen molar-refractivity contribution in [1.82, 2.24) is 0 Å². The lowest BCUT2D eigenvalue weighted by molar-refractivity contribution is 0.102. The van der Waals surface area contributed by atoms with Crippen molar-refractivity contribution in [3.63, 3.8) is 0 Å². The van der Waals surface area contributed by atoms with Crippen molar-refractivity contribution in [3.8, 4) is 51.4 Å². The molecule has 83 heavy (non-hydrogen) atoms. The summed E-state index contributed by atoms with van der Waals surface area (Å²) >= 11 is 5.75. The number of fused-ring (bicyclic) bond motifs is 1. The Balaban J connectivity index is 0.000000161. The summed E-state index contributed by atoms with van der Waals surface area (Å²) in [6.07, 6.45) is 0.0166. The quantitative estimate of drug-likeness (QED) is 0.0762. The third-order valence-corrected chi connectivity index (χ3v) is 12.9. The molecule has 0 unspecified atom stereocenters. The van der Waals surface area contributed by atoms with E-state index in [4.69, 9.17) is 25.8 Å². The van der Waals surface area contributed by atoms with Gasteiger partial charge in [0.2, 0.25) is 0 Å². The number of phenols is 4. The molecule has 0 saturated heterocycles. The predicted molar refractivity (Wildman–Crippen MR) is 327 cm³/mol. The first kappa shape index (κ1) is 60.7. The summed E-state index contributed by atoms with van der Waals surface area (Å²) in [6.45, 7) is 11.4. The zero-order chi connectivity index (χ0) is 59.7. The number of ether oxygens (including phenoxy) is 3. The van der Waals surface area contributed by atoms with Crippen LogP contribution in [0.3, 0.4) is 0 Å². The number of rotatable bonds is 14. The van der Waals surface area contributed by atoms with Crippen LogP contribution in [-0.4, -0.2) is 62.9 Å². The minimum absolute atomic E-state index is 0.00458. The predicted octanol–water partition coefficient (Wildman–Crippen LogP) is 16.2. The normalized spacial score (nSPS) is 10.5. The Hall–Kier alpha value is -9.97. The van der Waals surface area contributed by atoms with E-state index in [-0.39, 0.29) is 69.5 Å². The molecule has 4 N–H and O–H groups in total. The Bertz CT molecular complexity index is 3870. The van der Waals surface area contributed by atoms with Crippen LogP contribution in [0.4, 0.5) is 0 Å². The molecule has 0 fully saturated rings. The average molecular weight is 1130 g/mol. The molecule has 0 aliphatic heterocycles. The lowest BCUT2D eigenvalue weighted by Gasteiger charge is -2.11. The lowest BCUT2D eigenvalue weighted by Crippen LogP contribution is -2.06. The average Bonchev–Trinajstić information content (AvgIpc) is 3.62. The molecule has 10 aromatic carbocycles. The van der Waals surface area contributed by atoms with Crippen LogP contribution in [0.15, 0.2) is 218 Å². The highest BCUT2D eigenvalue weighted by atomic mass is 35.5. The molecule has 0 aromatic heterocycles. The Kier molecular flexibility index (Phi) is 20.8. The van der Waals surface area contributed by atoms with Gasteiger partial charge in [-0.1, -0.05) is 115 Å². The smallest absolute Gasteiger partial charge is 0.196 e. The van der Waals surface area contributed by atoms with Crippen LogP contribution in [0.1, 0.15) is 103 Å². The Morgan fingerprint density at radius 1 is 0.361 bits per heavy atom. The number of hydrogen-bond donors (Lipinski definition) is 4. The molecule has 11 nitrogen and oxygen atoms in total. The van der Waals surface area contributed by atoms with Gasteiger partial charge in [-0.05, 0) is 178 Å². The van der Waals surface area contributed by atoms with E-state index >= 15 is 0 Å². The highest BCUT2D eigenvalue weighted by Gasteiger charge is 2.18. The van der Waals surface area contributed by atoms with Gasteiger partial charge in [-0.2, -0.15) is 0 Å². The molecule has 0 bridgehead atoms. The van der Waals surface area contributed by atoms with Crippen LogP contribution in [0, 0.1) is 13.8 Å². The van der Waals surface area contributed by atoms with Crippen molar-refractivity contribution in [1.29, 1.82) is 0 Å². The molecular formula is C71H63ClO11. The molecule has 10 aromatic rings. The second-order valence-electron chi connectivity index (χ2n) is 19.8. The van der Waals surface area contributed by atoms with Crippen molar-refractivity contribution in [3.05, 3.63) is 279 Å². The fourth-order valence-electron chi connectivity index (χ4n) is 8.51. The fourth-order valence-corrected chi connectivity index (χ4v) is 8.63. The molecule has 12 heteroatoms. The molecule has 0 heterocycles. The first-order chi connectivity index (χ1) is 39.8. The molecule has 0 amide bonds. The number of phenolic OH excluding ortho intramolecular Hbond substituents is 4. The summed E-state index contributed by atoms with van der Waals surface area (Å²) in [5.74, 6) is 0.833. The number of ketones is 4. The van der Waals surface area contributed by atoms with Crippen molar-refractivity contribution in [2.45, 2.75) is 53.8 Å². The Morgan fingerprint density at radius 3 is 1.13 bits per heavy atom. The molecule has 0 radical (unpaired) electrons. The minimum Gasteiger partial charge on any atom is -0.507 e. The Morgan fingerprint density at radius 2 is 0.711 bits per heavy atom. The molecule has 0 saturated carbocycles. The van der Waals surface area contributed by atoms with Gasteiger partial charge in [0.05, 0.1) is 41.6 Å². The lowest BCUT2D eigenvalue weighted by atomic mass is 9.99. The summed E-state index contributed by atoms with van der Waals surface area (Å²) in [6, 6.07) is 63.7. The minimum atomic E-state index is -0.215. The molecule has 0 aliphatic carbocycles. The molecule has 0 aliphatic rings. The van der Waals surface area contributed by atoms with Gasteiger partial charge >= 0.3 is 0 Å². The van der Waals surface area contributed by atoms with E-state index in [9.17, 15) is 39.6 Å². The summed E-state index contributed by atoms with van der Waals surface area (Å²) in [5, 5.41) is 42.5. The molecular weight excluding hydrogens is 1060 g/mol. The van der Waals surface area contributed by atoms with Gasteiger partial charge in [0, 0.05) is 39.4 Å². The zero-order valence-corrected chi connectivity index (χ0v) is 47.7. The second kappa shape index (κ2) is 28.4. The topological polar surface area (TPSA) is 177 Å². The van der Waals surface area contributed by atoms with Crippen LogP contribution in [0.2, 0.25) is 5.02 Å². The number of aromatic hydroxyl groups is 4. The summed E-state index contributed by atoms with van der Waals surface area (Å²) < 4.78 is 16.1. The Labute approximate surface area is 488 Å². The van der Waals surface area contributed by atoms with E-state index < -0.39 is 0 Å². The van der Waals surface area contributed by atoms with E-state index in [0.717, 1.165) is 33.0 Å². The van der Waals surface area contributed by atoms with E-state index in [1.165, 1.54) is 12.1 Å². The van der Waals surface area contributed by atoms with Crippen LogP contribution in [0.5, 0.6) is 40.2 Å². The van der Waals surface area contributed by atoms with Crippen LogP contribution in [0.25, 0.3) is 21.9 Å². The SMILES string of the molecule is CC(C)Oc1ccc(C(=O)c2ccc(-c3ccccc3)cc2)c(O)c1.CC(C)Oc1ccc(C(=O)c2ccc3ccccc3c2)c(O)c1.COc1ccc(C(=O)c2ccc(C)cc2O)cc1.Cc1ccc(C(=O)c2ccc(Cl)cc2)c(O)c1. The third kappa shape index (κ3) is 16.6. The second-order valence-corrected chi connectivity index (χ2v) is 20.2. The molecule has 420 valence electrons. The first-order valence-corrected chi connectivity index (χ1v) is 27.0. The largest absolute Gasteiger partial charge is 0.507 e. The van der Waals surface area contributed by atoms with Gasteiger partial charge in [-0.3, -0.25) is 19.2 Å². The number of halogens is 1. The molecule has 0 atom stereocenters. The number of methoxy groups -OCH3 is 1. The van der Waals surface area contributed by atoms with Gasteiger partial charge in [-0.25, -0.2) is 0 Å². The van der Waals surface area contributed by atoms with Gasteiger partial charge in [0.25, 0.3) is 0 Å². The standard InChI is InChI=1S/C22H20O3.C20H18O3.C15H14O3.C14H11ClO2/c1-15(2)25-19-12-13-20(21(23)14-19)22(24)18-10-8-17(9-11-18)16-6-4-3-5-7-16;1-13(2)23-17-9-10-18(19(21)12-17)20(22)16-8-7-14-5-3-4-6-15(14)11-16;1-10-3-8-13(14(16)9-10)15(17)11-4-6-12(18-2)7-5-11;1-9-2-7-12(13(16)8-9)14(17)10-3-5-11(15)6-4-10/h3-15,23H,1-2H3;3-13,21H,1-2H3;3-9,16H,1-2H3;2-8,16H,1H3. The highest BCUT2D eigenvalue weighted by molar-refractivity contribution is 6.30. The van der Waals surface area contributed by atoms with Gasteiger partial charge in [0.15, 0.2) is 23.1 Å². The van der Waals surface area contributed by atoms with E-state index in [0.29, 0.717) is 55.7 Å². The maximum Gasteiger partial charge on any atom is 0.196 e. The highest BCUT2D eigenvalue weighted by Crippen LogP contribution is 2.31. The molecule has 10 rings (SSSR count). The number of aryl methyl sites for hydroxylation is 2. The fraction of sp³-hybridized carbons (Fsp3) is 0.127. The zero-order valence-electron chi connectivity index (χ0n) is 47.0. The molecule has 0 spiro atoms. The maximum absolute atomic E-state index is 12.6. The van der Waals surface area contributed by atoms with Crippen LogP contribution in [-0.2, 0) is 0 Å². The number of carbonyl (C=O) groups is 4. The van der Waals surface area contributed by atoms with Gasteiger partial charge in [-0.15, -0.1) is 0 Å².